The Bertz CT molecular complexity index is 1230. The maximum Gasteiger partial charge on any atom is 0.253 e. The Labute approximate surface area is 197 Å². The van der Waals surface area contributed by atoms with Gasteiger partial charge in [0.1, 0.15) is 17.2 Å². The lowest BCUT2D eigenvalue weighted by Gasteiger charge is -2.33. The molecule has 0 radical (unpaired) electrons. The van der Waals surface area contributed by atoms with Crippen LogP contribution in [-0.4, -0.2) is 52.1 Å². The van der Waals surface area contributed by atoms with Gasteiger partial charge in [0.05, 0.1) is 6.54 Å². The van der Waals surface area contributed by atoms with Crippen LogP contribution in [0, 0.1) is 24.1 Å². The van der Waals surface area contributed by atoms with Crippen molar-refractivity contribution in [2.45, 2.75) is 32.7 Å². The third-order valence-electron chi connectivity index (χ3n) is 7.34. The molecule has 0 bridgehead atoms. The van der Waals surface area contributed by atoms with Gasteiger partial charge < -0.3 is 9.80 Å². The Balaban J connectivity index is 1.20. The normalized spacial score (nSPS) is 18.7. The van der Waals surface area contributed by atoms with E-state index in [4.69, 9.17) is 4.63 Å². The highest BCUT2D eigenvalue weighted by molar-refractivity contribution is 5.95. The first-order valence-electron chi connectivity index (χ1n) is 11.6. The number of rotatable bonds is 5. The number of halogens is 1. The highest BCUT2D eigenvalue weighted by atomic mass is 19.1. The predicted molar refractivity (Wildman–Crippen MR) is 123 cm³/mol. The molecule has 2 heterocycles. The minimum atomic E-state index is -0.309. The van der Waals surface area contributed by atoms with Crippen LogP contribution in [0.4, 0.5) is 4.39 Å². The van der Waals surface area contributed by atoms with Crippen molar-refractivity contribution < 1.29 is 18.6 Å². The Morgan fingerprint density at radius 2 is 1.91 bits per heavy atom. The van der Waals surface area contributed by atoms with Crippen molar-refractivity contribution in [3.8, 4) is 11.1 Å². The van der Waals surface area contributed by atoms with Crippen molar-refractivity contribution in [1.82, 2.24) is 20.1 Å². The minimum Gasteiger partial charge on any atom is -0.339 e. The molecular formula is C26H27FN4O3. The summed E-state index contributed by atoms with van der Waals surface area (Å²) in [5.74, 6) is -0.266. The molecule has 2 aromatic carbocycles. The summed E-state index contributed by atoms with van der Waals surface area (Å²) in [6, 6.07) is 13.7. The van der Waals surface area contributed by atoms with E-state index in [0.717, 1.165) is 19.3 Å². The first-order valence-corrected chi connectivity index (χ1v) is 11.6. The molecule has 1 saturated heterocycles. The van der Waals surface area contributed by atoms with Crippen LogP contribution < -0.4 is 0 Å². The van der Waals surface area contributed by atoms with E-state index in [-0.39, 0.29) is 29.0 Å². The van der Waals surface area contributed by atoms with Gasteiger partial charge in [0.25, 0.3) is 5.91 Å². The lowest BCUT2D eigenvalue weighted by Crippen LogP contribution is -2.40. The van der Waals surface area contributed by atoms with E-state index in [1.807, 2.05) is 17.9 Å². The number of nitrogens with zero attached hydrogens (tertiary/aromatic N) is 4. The molecule has 0 unspecified atom stereocenters. The van der Waals surface area contributed by atoms with E-state index in [2.05, 4.69) is 10.3 Å². The molecule has 7 nitrogen and oxygen atoms in total. The molecule has 0 N–H and O–H groups in total. The van der Waals surface area contributed by atoms with Gasteiger partial charge in [0, 0.05) is 37.2 Å². The number of carbonyl (C=O) groups is 2. The SMILES string of the molecule is Cc1nonc1CN(C)C(=O)[C@@H]1CC12CCN(C(=O)c1cccc(-c3ccccc3F)c1)CC2. The maximum absolute atomic E-state index is 14.2. The topological polar surface area (TPSA) is 79.5 Å². The van der Waals surface area contributed by atoms with E-state index in [1.165, 1.54) is 6.07 Å². The van der Waals surface area contributed by atoms with Crippen molar-refractivity contribution in [3.63, 3.8) is 0 Å². The van der Waals surface area contributed by atoms with Gasteiger partial charge in [0.2, 0.25) is 5.91 Å². The van der Waals surface area contributed by atoms with Gasteiger partial charge >= 0.3 is 0 Å². The Morgan fingerprint density at radius 1 is 1.15 bits per heavy atom. The number of carbonyl (C=O) groups excluding carboxylic acids is 2. The van der Waals surface area contributed by atoms with E-state index in [9.17, 15) is 14.0 Å². The fraction of sp³-hybridized carbons (Fsp3) is 0.385. The third kappa shape index (κ3) is 4.08. The molecule has 2 amide bonds. The summed E-state index contributed by atoms with van der Waals surface area (Å²) in [5.41, 5.74) is 3.06. The van der Waals surface area contributed by atoms with Crippen molar-refractivity contribution in [2.75, 3.05) is 20.1 Å². The molecule has 2 aliphatic rings. The quantitative estimate of drug-likeness (QED) is 0.571. The Hall–Kier alpha value is -3.55. The molecule has 34 heavy (non-hydrogen) atoms. The number of likely N-dealkylation sites (tertiary alicyclic amines) is 1. The number of aryl methyl sites for hydroxylation is 1. The van der Waals surface area contributed by atoms with Crippen LogP contribution in [0.25, 0.3) is 11.1 Å². The molecule has 8 heteroatoms. The predicted octanol–water partition coefficient (Wildman–Crippen LogP) is 4.09. The average molecular weight is 463 g/mol. The summed E-state index contributed by atoms with van der Waals surface area (Å²) in [5, 5.41) is 7.63. The lowest BCUT2D eigenvalue weighted by atomic mass is 9.90. The summed E-state index contributed by atoms with van der Waals surface area (Å²) in [7, 11) is 1.78. The molecular weight excluding hydrogens is 435 g/mol. The molecule has 176 valence electrons. The molecule has 1 saturated carbocycles. The number of hydrogen-bond acceptors (Lipinski definition) is 5. The van der Waals surface area contributed by atoms with Gasteiger partial charge in [-0.05, 0) is 55.4 Å². The summed E-state index contributed by atoms with van der Waals surface area (Å²) in [6.07, 6.45) is 2.47. The third-order valence-corrected chi connectivity index (χ3v) is 7.34. The van der Waals surface area contributed by atoms with Crippen LogP contribution in [0.5, 0.6) is 0 Å². The van der Waals surface area contributed by atoms with Crippen LogP contribution in [0.15, 0.2) is 53.2 Å². The number of amides is 2. The standard InChI is InChI=1S/C26H27FN4O3/c1-17-23(29-34-28-17)16-30(2)25(33)21-15-26(21)10-12-31(13-11-26)24(32)19-7-5-6-18(14-19)20-8-3-4-9-22(20)27/h3-9,14,21H,10-13,15-16H2,1-2H3/t21-/m0/s1. The number of aromatic nitrogens is 2. The molecule has 1 atom stereocenters. The van der Waals surface area contributed by atoms with Gasteiger partial charge in [-0.1, -0.05) is 40.6 Å². The molecule has 3 aromatic rings. The summed E-state index contributed by atoms with van der Waals surface area (Å²) in [4.78, 5) is 29.7. The van der Waals surface area contributed by atoms with Gasteiger partial charge in [-0.3, -0.25) is 9.59 Å². The fourth-order valence-corrected chi connectivity index (χ4v) is 5.06. The summed E-state index contributed by atoms with van der Waals surface area (Å²) >= 11 is 0. The highest BCUT2D eigenvalue weighted by Gasteiger charge is 2.59. The number of piperidine rings is 1. The van der Waals surface area contributed by atoms with E-state index < -0.39 is 0 Å². The lowest BCUT2D eigenvalue weighted by molar-refractivity contribution is -0.133. The van der Waals surface area contributed by atoms with Crippen molar-refractivity contribution in [2.24, 2.45) is 11.3 Å². The second kappa shape index (κ2) is 8.66. The van der Waals surface area contributed by atoms with E-state index in [1.54, 1.807) is 48.3 Å². The Morgan fingerprint density at radius 3 is 2.62 bits per heavy atom. The molecule has 1 spiro atoms. The van der Waals surface area contributed by atoms with Crippen LogP contribution in [0.2, 0.25) is 0 Å². The van der Waals surface area contributed by atoms with Crippen molar-refractivity contribution in [1.29, 1.82) is 0 Å². The number of benzene rings is 2. The van der Waals surface area contributed by atoms with Gasteiger partial charge in [0.15, 0.2) is 0 Å². The monoisotopic (exact) mass is 462 g/mol. The summed E-state index contributed by atoms with van der Waals surface area (Å²) in [6.45, 7) is 3.41. The molecule has 2 fully saturated rings. The zero-order valence-electron chi connectivity index (χ0n) is 19.3. The number of hydrogen-bond donors (Lipinski definition) is 0. The first-order chi connectivity index (χ1) is 16.4. The molecule has 1 aromatic heterocycles. The van der Waals surface area contributed by atoms with E-state index >= 15 is 0 Å². The zero-order valence-corrected chi connectivity index (χ0v) is 19.3. The molecule has 5 rings (SSSR count). The summed E-state index contributed by atoms with van der Waals surface area (Å²) < 4.78 is 18.9. The largest absolute Gasteiger partial charge is 0.339 e. The van der Waals surface area contributed by atoms with Crippen LogP contribution in [-0.2, 0) is 11.3 Å². The van der Waals surface area contributed by atoms with Gasteiger partial charge in [-0.2, -0.15) is 0 Å². The first kappa shape index (κ1) is 22.3. The molecule has 1 aliphatic carbocycles. The molecule has 1 aliphatic heterocycles. The minimum absolute atomic E-state index is 0.0145. The van der Waals surface area contributed by atoms with Gasteiger partial charge in [-0.15, -0.1) is 0 Å². The maximum atomic E-state index is 14.2. The zero-order chi connectivity index (χ0) is 23.9. The van der Waals surface area contributed by atoms with Crippen LogP contribution in [0.1, 0.15) is 41.0 Å². The van der Waals surface area contributed by atoms with Crippen LogP contribution >= 0.6 is 0 Å². The second-order valence-electron chi connectivity index (χ2n) is 9.46. The van der Waals surface area contributed by atoms with Gasteiger partial charge in [-0.25, -0.2) is 9.02 Å². The van der Waals surface area contributed by atoms with Crippen molar-refractivity contribution in [3.05, 3.63) is 71.3 Å². The second-order valence-corrected chi connectivity index (χ2v) is 9.46. The Kier molecular flexibility index (Phi) is 5.67. The average Bonchev–Trinajstić information content (AvgIpc) is 3.40. The highest BCUT2D eigenvalue weighted by Crippen LogP contribution is 2.60. The van der Waals surface area contributed by atoms with Crippen molar-refractivity contribution >= 4 is 11.8 Å². The van der Waals surface area contributed by atoms with E-state index in [0.29, 0.717) is 47.7 Å². The van der Waals surface area contributed by atoms with Crippen LogP contribution in [0.3, 0.4) is 0 Å². The smallest absolute Gasteiger partial charge is 0.253 e. The fourth-order valence-electron chi connectivity index (χ4n) is 5.06.